The van der Waals surface area contributed by atoms with E-state index in [4.69, 9.17) is 0 Å². The first kappa shape index (κ1) is 15.9. The third kappa shape index (κ3) is 3.08. The van der Waals surface area contributed by atoms with E-state index in [-0.39, 0.29) is 17.7 Å². The number of amides is 2. The predicted molar refractivity (Wildman–Crippen MR) is 85.5 cm³/mol. The fraction of sp³-hybridized carbons (Fsp3) is 0.529. The van der Waals surface area contributed by atoms with Gasteiger partial charge in [0, 0.05) is 20.1 Å². The third-order valence-corrected chi connectivity index (χ3v) is 4.78. The van der Waals surface area contributed by atoms with Crippen LogP contribution in [-0.4, -0.2) is 49.4 Å². The lowest BCUT2D eigenvalue weighted by Crippen LogP contribution is -2.48. The minimum absolute atomic E-state index is 0.00549. The average Bonchev–Trinajstić information content (AvgIpc) is 2.96. The molecule has 0 aromatic heterocycles. The molecular formula is C17H22FN3O2. The second-order valence-corrected chi connectivity index (χ2v) is 6.24. The van der Waals surface area contributed by atoms with E-state index in [9.17, 15) is 14.0 Å². The van der Waals surface area contributed by atoms with Crippen LogP contribution in [0.4, 0.5) is 10.1 Å². The number of hydrogen-bond donors (Lipinski definition) is 1. The van der Waals surface area contributed by atoms with E-state index in [0.717, 1.165) is 19.4 Å². The molecule has 124 valence electrons. The number of likely N-dealkylation sites (N-methyl/N-ethyl adjacent to an activating group) is 1. The SMILES string of the molecule is CN(C(=O)C1CCCNC1)C1CCN(c2ccccc2F)C1=O. The molecule has 2 unspecified atom stereocenters. The molecule has 6 heteroatoms. The van der Waals surface area contributed by atoms with Gasteiger partial charge in [0.1, 0.15) is 11.9 Å². The van der Waals surface area contributed by atoms with Crippen LogP contribution in [0.5, 0.6) is 0 Å². The van der Waals surface area contributed by atoms with Crippen molar-refractivity contribution < 1.29 is 14.0 Å². The van der Waals surface area contributed by atoms with Gasteiger partial charge in [-0.1, -0.05) is 12.1 Å². The molecule has 0 aliphatic carbocycles. The van der Waals surface area contributed by atoms with Crippen molar-refractivity contribution in [2.45, 2.75) is 25.3 Å². The highest BCUT2D eigenvalue weighted by Gasteiger charge is 2.39. The summed E-state index contributed by atoms with van der Waals surface area (Å²) in [6, 6.07) is 5.76. The summed E-state index contributed by atoms with van der Waals surface area (Å²) in [5, 5.41) is 3.22. The van der Waals surface area contributed by atoms with Gasteiger partial charge in [0.15, 0.2) is 0 Å². The van der Waals surface area contributed by atoms with Gasteiger partial charge >= 0.3 is 0 Å². The van der Waals surface area contributed by atoms with Gasteiger partial charge in [-0.3, -0.25) is 9.59 Å². The zero-order chi connectivity index (χ0) is 16.4. The minimum Gasteiger partial charge on any atom is -0.333 e. The van der Waals surface area contributed by atoms with Crippen LogP contribution in [0.2, 0.25) is 0 Å². The molecule has 3 rings (SSSR count). The second kappa shape index (κ2) is 6.66. The Bertz CT molecular complexity index is 601. The summed E-state index contributed by atoms with van der Waals surface area (Å²) >= 11 is 0. The summed E-state index contributed by atoms with van der Waals surface area (Å²) in [7, 11) is 1.68. The van der Waals surface area contributed by atoms with Gasteiger partial charge in [0.2, 0.25) is 11.8 Å². The van der Waals surface area contributed by atoms with E-state index >= 15 is 0 Å². The normalized spacial score (nSPS) is 24.8. The quantitative estimate of drug-likeness (QED) is 0.916. The molecule has 2 amide bonds. The fourth-order valence-corrected chi connectivity index (χ4v) is 3.44. The summed E-state index contributed by atoms with van der Waals surface area (Å²) in [6.45, 7) is 2.04. The number of benzene rings is 1. The second-order valence-electron chi connectivity index (χ2n) is 6.24. The first-order chi connectivity index (χ1) is 11.1. The van der Waals surface area contributed by atoms with E-state index < -0.39 is 11.9 Å². The molecule has 2 aliphatic rings. The van der Waals surface area contributed by atoms with Crippen molar-refractivity contribution in [1.82, 2.24) is 10.2 Å². The molecule has 1 aromatic rings. The first-order valence-electron chi connectivity index (χ1n) is 8.13. The number of rotatable bonds is 3. The molecule has 5 nitrogen and oxygen atoms in total. The number of nitrogens with one attached hydrogen (secondary N) is 1. The monoisotopic (exact) mass is 319 g/mol. The van der Waals surface area contributed by atoms with Crippen molar-refractivity contribution in [3.8, 4) is 0 Å². The molecule has 2 aliphatic heterocycles. The van der Waals surface area contributed by atoms with Crippen LogP contribution in [-0.2, 0) is 9.59 Å². The standard InChI is InChI=1S/C17H22FN3O2/c1-20(16(22)12-5-4-9-19-11-12)15-8-10-21(17(15)23)14-7-3-2-6-13(14)18/h2-3,6-7,12,15,19H,4-5,8-11H2,1H3. The third-order valence-electron chi connectivity index (χ3n) is 4.78. The van der Waals surface area contributed by atoms with Crippen LogP contribution in [0.1, 0.15) is 19.3 Å². The summed E-state index contributed by atoms with van der Waals surface area (Å²) in [5.74, 6) is -0.670. The van der Waals surface area contributed by atoms with Crippen LogP contribution >= 0.6 is 0 Å². The summed E-state index contributed by atoms with van der Waals surface area (Å²) in [5.41, 5.74) is 0.292. The highest BCUT2D eigenvalue weighted by molar-refractivity contribution is 6.01. The molecule has 2 heterocycles. The van der Waals surface area contributed by atoms with Crippen LogP contribution in [0.15, 0.2) is 24.3 Å². The Hall–Kier alpha value is -1.95. The highest BCUT2D eigenvalue weighted by atomic mass is 19.1. The molecule has 1 N–H and O–H groups in total. The van der Waals surface area contributed by atoms with Crippen LogP contribution in [0.25, 0.3) is 0 Å². The number of anilines is 1. The number of nitrogens with zero attached hydrogens (tertiary/aromatic N) is 2. The van der Waals surface area contributed by atoms with E-state index in [2.05, 4.69) is 5.32 Å². The first-order valence-corrected chi connectivity index (χ1v) is 8.13. The number of carbonyl (C=O) groups is 2. The Morgan fingerprint density at radius 2 is 2.13 bits per heavy atom. The largest absolute Gasteiger partial charge is 0.333 e. The number of carbonyl (C=O) groups excluding carboxylic acids is 2. The van der Waals surface area contributed by atoms with E-state index in [1.165, 1.54) is 11.0 Å². The van der Waals surface area contributed by atoms with Gasteiger partial charge in [-0.05, 0) is 37.9 Å². The van der Waals surface area contributed by atoms with Gasteiger partial charge in [0.05, 0.1) is 11.6 Å². The Morgan fingerprint density at radius 1 is 1.35 bits per heavy atom. The molecule has 0 spiro atoms. The lowest BCUT2D eigenvalue weighted by Gasteiger charge is -2.30. The summed E-state index contributed by atoms with van der Waals surface area (Å²) in [4.78, 5) is 28.2. The van der Waals surface area contributed by atoms with Crippen LogP contribution in [0.3, 0.4) is 0 Å². The van der Waals surface area contributed by atoms with Gasteiger partial charge in [-0.15, -0.1) is 0 Å². The Kier molecular flexibility index (Phi) is 4.61. The van der Waals surface area contributed by atoms with Crippen molar-refractivity contribution in [1.29, 1.82) is 0 Å². The number of para-hydroxylation sites is 1. The van der Waals surface area contributed by atoms with Crippen molar-refractivity contribution in [3.05, 3.63) is 30.1 Å². The molecule has 0 radical (unpaired) electrons. The van der Waals surface area contributed by atoms with Gasteiger partial charge in [-0.2, -0.15) is 0 Å². The topological polar surface area (TPSA) is 52.7 Å². The molecule has 1 aromatic carbocycles. The number of halogens is 1. The Morgan fingerprint density at radius 3 is 2.83 bits per heavy atom. The van der Waals surface area contributed by atoms with Crippen molar-refractivity contribution in [2.24, 2.45) is 5.92 Å². The van der Waals surface area contributed by atoms with E-state index in [1.807, 2.05) is 0 Å². The Labute approximate surface area is 135 Å². The van der Waals surface area contributed by atoms with Gasteiger partial charge in [-0.25, -0.2) is 4.39 Å². The molecule has 0 bridgehead atoms. The molecule has 2 saturated heterocycles. The van der Waals surface area contributed by atoms with Crippen LogP contribution < -0.4 is 10.2 Å². The maximum Gasteiger partial charge on any atom is 0.249 e. The zero-order valence-corrected chi connectivity index (χ0v) is 13.3. The van der Waals surface area contributed by atoms with E-state index in [0.29, 0.717) is 25.2 Å². The van der Waals surface area contributed by atoms with Crippen molar-refractivity contribution in [3.63, 3.8) is 0 Å². The molecular weight excluding hydrogens is 297 g/mol. The van der Waals surface area contributed by atoms with E-state index in [1.54, 1.807) is 30.1 Å². The lowest BCUT2D eigenvalue weighted by molar-refractivity contribution is -0.140. The smallest absolute Gasteiger partial charge is 0.249 e. The minimum atomic E-state index is -0.496. The maximum absolute atomic E-state index is 13.9. The average molecular weight is 319 g/mol. The molecule has 23 heavy (non-hydrogen) atoms. The maximum atomic E-state index is 13.9. The molecule has 0 saturated carbocycles. The van der Waals surface area contributed by atoms with Crippen molar-refractivity contribution >= 4 is 17.5 Å². The van der Waals surface area contributed by atoms with Crippen molar-refractivity contribution in [2.75, 3.05) is 31.6 Å². The predicted octanol–water partition coefficient (Wildman–Crippen LogP) is 1.39. The van der Waals surface area contributed by atoms with Gasteiger partial charge in [0.25, 0.3) is 0 Å². The van der Waals surface area contributed by atoms with Crippen LogP contribution in [0, 0.1) is 11.7 Å². The number of hydrogen-bond acceptors (Lipinski definition) is 3. The zero-order valence-electron chi connectivity index (χ0n) is 13.3. The number of piperidine rings is 1. The summed E-state index contributed by atoms with van der Waals surface area (Å²) in [6.07, 6.45) is 2.37. The molecule has 2 fully saturated rings. The lowest BCUT2D eigenvalue weighted by atomic mass is 9.97. The fourth-order valence-electron chi connectivity index (χ4n) is 3.44. The van der Waals surface area contributed by atoms with Gasteiger partial charge < -0.3 is 15.1 Å². The molecule has 2 atom stereocenters. The Balaban J connectivity index is 1.71. The highest BCUT2D eigenvalue weighted by Crippen LogP contribution is 2.27. The summed E-state index contributed by atoms with van der Waals surface area (Å²) < 4.78 is 13.9.